The van der Waals surface area contributed by atoms with E-state index >= 15 is 0 Å². The highest BCUT2D eigenvalue weighted by molar-refractivity contribution is 6.30. The van der Waals surface area contributed by atoms with Gasteiger partial charge in [0.1, 0.15) is 5.82 Å². The van der Waals surface area contributed by atoms with Gasteiger partial charge in [0.05, 0.1) is 0 Å². The van der Waals surface area contributed by atoms with Crippen molar-refractivity contribution in [3.63, 3.8) is 0 Å². The molecule has 0 bridgehead atoms. The number of hydrogen-bond acceptors (Lipinski definition) is 0. The third-order valence-corrected chi connectivity index (χ3v) is 2.91. The molecule has 0 aliphatic rings. The molecule has 0 nitrogen and oxygen atoms in total. The number of hydrogen-bond donors (Lipinski definition) is 0. The van der Waals surface area contributed by atoms with Gasteiger partial charge in [-0.3, -0.25) is 0 Å². The van der Waals surface area contributed by atoms with E-state index in [4.69, 9.17) is 11.6 Å². The largest absolute Gasteiger partial charge is 0.207 e. The van der Waals surface area contributed by atoms with Crippen LogP contribution >= 0.6 is 11.6 Å². The van der Waals surface area contributed by atoms with Gasteiger partial charge in [-0.25, -0.2) is 4.39 Å². The molecule has 0 fully saturated rings. The molecule has 0 saturated heterocycles. The van der Waals surface area contributed by atoms with E-state index in [1.807, 2.05) is 12.1 Å². The second kappa shape index (κ2) is 5.33. The van der Waals surface area contributed by atoms with Crippen molar-refractivity contribution >= 4 is 11.6 Å². The average Bonchev–Trinajstić information content (AvgIpc) is 2.29. The van der Waals surface area contributed by atoms with Crippen LogP contribution in [0.4, 0.5) is 4.39 Å². The first kappa shape index (κ1) is 12.1. The Balaban J connectivity index is 2.32. The first-order valence-electron chi connectivity index (χ1n) is 5.74. The zero-order chi connectivity index (χ0) is 12.3. The summed E-state index contributed by atoms with van der Waals surface area (Å²) < 4.78 is 13.2. The fraction of sp³-hybridized carbons (Fsp3) is 0.200. The average molecular weight is 249 g/mol. The van der Waals surface area contributed by atoms with Crippen LogP contribution in [0.2, 0.25) is 5.02 Å². The summed E-state index contributed by atoms with van der Waals surface area (Å²) in [5.74, 6) is -0.301. The standard InChI is InChI=1S/C15H14ClF/c1-2-3-11-4-6-12(7-5-11)13-8-14(16)10-15(17)9-13/h4-10H,2-3H2,1H3. The van der Waals surface area contributed by atoms with E-state index in [0.717, 1.165) is 24.0 Å². The Labute approximate surface area is 106 Å². The van der Waals surface area contributed by atoms with Crippen molar-refractivity contribution in [2.45, 2.75) is 19.8 Å². The molecule has 88 valence electrons. The SMILES string of the molecule is CCCc1ccc(-c2cc(F)cc(Cl)c2)cc1. The van der Waals surface area contributed by atoms with Crippen LogP contribution in [-0.4, -0.2) is 0 Å². The van der Waals surface area contributed by atoms with Gasteiger partial charge in [0.15, 0.2) is 0 Å². The van der Waals surface area contributed by atoms with Gasteiger partial charge >= 0.3 is 0 Å². The Morgan fingerprint density at radius 1 is 1.00 bits per heavy atom. The minimum absolute atomic E-state index is 0.301. The topological polar surface area (TPSA) is 0 Å². The summed E-state index contributed by atoms with van der Waals surface area (Å²) in [6.07, 6.45) is 2.20. The molecule has 0 N–H and O–H groups in total. The van der Waals surface area contributed by atoms with Gasteiger partial charge < -0.3 is 0 Å². The van der Waals surface area contributed by atoms with Crippen LogP contribution in [0.15, 0.2) is 42.5 Å². The van der Waals surface area contributed by atoms with Crippen LogP contribution < -0.4 is 0 Å². The van der Waals surface area contributed by atoms with Crippen molar-refractivity contribution in [1.29, 1.82) is 0 Å². The number of rotatable bonds is 3. The number of halogens is 2. The summed E-state index contributed by atoms with van der Waals surface area (Å²) in [6, 6.07) is 12.8. The van der Waals surface area contributed by atoms with Gasteiger partial charge in [0.25, 0.3) is 0 Å². The first-order valence-corrected chi connectivity index (χ1v) is 6.12. The van der Waals surface area contributed by atoms with Crippen LogP contribution in [-0.2, 0) is 6.42 Å². The van der Waals surface area contributed by atoms with Gasteiger partial charge in [-0.05, 0) is 41.3 Å². The highest BCUT2D eigenvalue weighted by Crippen LogP contribution is 2.24. The quantitative estimate of drug-likeness (QED) is 0.709. The van der Waals surface area contributed by atoms with Crippen LogP contribution in [0.3, 0.4) is 0 Å². The minimum atomic E-state index is -0.301. The molecule has 0 heterocycles. The smallest absolute Gasteiger partial charge is 0.125 e. The molecule has 0 atom stereocenters. The molecule has 0 saturated carbocycles. The van der Waals surface area contributed by atoms with Crippen LogP contribution in [0.5, 0.6) is 0 Å². The molecular weight excluding hydrogens is 235 g/mol. The predicted octanol–water partition coefficient (Wildman–Crippen LogP) is 5.10. The maximum Gasteiger partial charge on any atom is 0.125 e. The lowest BCUT2D eigenvalue weighted by Gasteiger charge is -2.04. The molecule has 0 radical (unpaired) electrons. The van der Waals surface area contributed by atoms with Crippen molar-refractivity contribution in [3.8, 4) is 11.1 Å². The van der Waals surface area contributed by atoms with E-state index in [2.05, 4.69) is 19.1 Å². The molecule has 2 heteroatoms. The molecule has 0 spiro atoms. The summed E-state index contributed by atoms with van der Waals surface area (Å²) in [6.45, 7) is 2.15. The molecular formula is C15H14ClF. The maximum absolute atomic E-state index is 13.2. The molecule has 2 rings (SSSR count). The summed E-state index contributed by atoms with van der Waals surface area (Å²) in [4.78, 5) is 0. The fourth-order valence-corrected chi connectivity index (χ4v) is 2.09. The molecule has 17 heavy (non-hydrogen) atoms. The van der Waals surface area contributed by atoms with Gasteiger partial charge in [-0.2, -0.15) is 0 Å². The van der Waals surface area contributed by atoms with Crippen molar-refractivity contribution in [1.82, 2.24) is 0 Å². The molecule has 2 aromatic rings. The lowest BCUT2D eigenvalue weighted by Crippen LogP contribution is -1.85. The van der Waals surface area contributed by atoms with Crippen LogP contribution in [0, 0.1) is 5.82 Å². The van der Waals surface area contributed by atoms with Crippen molar-refractivity contribution < 1.29 is 4.39 Å². The third kappa shape index (κ3) is 3.07. The first-order chi connectivity index (χ1) is 8.19. The second-order valence-electron chi connectivity index (χ2n) is 4.11. The Kier molecular flexibility index (Phi) is 3.80. The van der Waals surface area contributed by atoms with Crippen LogP contribution in [0.25, 0.3) is 11.1 Å². The Morgan fingerprint density at radius 3 is 2.29 bits per heavy atom. The second-order valence-corrected chi connectivity index (χ2v) is 4.54. The normalized spacial score (nSPS) is 10.5. The highest BCUT2D eigenvalue weighted by atomic mass is 35.5. The molecule has 0 aromatic heterocycles. The Hall–Kier alpha value is -1.34. The van der Waals surface area contributed by atoms with E-state index in [9.17, 15) is 4.39 Å². The van der Waals surface area contributed by atoms with E-state index in [1.54, 1.807) is 6.07 Å². The molecule has 0 amide bonds. The van der Waals surface area contributed by atoms with Gasteiger partial charge in [-0.15, -0.1) is 0 Å². The molecule has 0 aliphatic carbocycles. The van der Waals surface area contributed by atoms with E-state index < -0.39 is 0 Å². The summed E-state index contributed by atoms with van der Waals surface area (Å²) in [5, 5.41) is 0.428. The van der Waals surface area contributed by atoms with Crippen LogP contribution in [0.1, 0.15) is 18.9 Å². The van der Waals surface area contributed by atoms with Crippen molar-refractivity contribution in [2.75, 3.05) is 0 Å². The third-order valence-electron chi connectivity index (χ3n) is 2.69. The van der Waals surface area contributed by atoms with E-state index in [0.29, 0.717) is 5.02 Å². The predicted molar refractivity (Wildman–Crippen MR) is 70.8 cm³/mol. The van der Waals surface area contributed by atoms with Gasteiger partial charge in [0, 0.05) is 5.02 Å². The molecule has 0 unspecified atom stereocenters. The van der Waals surface area contributed by atoms with Crippen molar-refractivity contribution in [3.05, 3.63) is 58.9 Å². The summed E-state index contributed by atoms with van der Waals surface area (Å²) >= 11 is 5.84. The van der Waals surface area contributed by atoms with Crippen molar-refractivity contribution in [2.24, 2.45) is 0 Å². The van der Waals surface area contributed by atoms with E-state index in [-0.39, 0.29) is 5.82 Å². The highest BCUT2D eigenvalue weighted by Gasteiger charge is 2.02. The lowest BCUT2D eigenvalue weighted by atomic mass is 10.0. The number of aryl methyl sites for hydroxylation is 1. The monoisotopic (exact) mass is 248 g/mol. The lowest BCUT2D eigenvalue weighted by molar-refractivity contribution is 0.628. The molecule has 0 aliphatic heterocycles. The van der Waals surface area contributed by atoms with Gasteiger partial charge in [-0.1, -0.05) is 49.2 Å². The van der Waals surface area contributed by atoms with E-state index in [1.165, 1.54) is 17.7 Å². The fourth-order valence-electron chi connectivity index (χ4n) is 1.87. The maximum atomic E-state index is 13.2. The number of benzene rings is 2. The Bertz CT molecular complexity index is 483. The molecule has 2 aromatic carbocycles. The zero-order valence-corrected chi connectivity index (χ0v) is 10.5. The summed E-state index contributed by atoms with van der Waals surface area (Å²) in [7, 11) is 0. The van der Waals surface area contributed by atoms with Gasteiger partial charge in [0.2, 0.25) is 0 Å². The zero-order valence-electron chi connectivity index (χ0n) is 9.71. The minimum Gasteiger partial charge on any atom is -0.207 e. The summed E-state index contributed by atoms with van der Waals surface area (Å²) in [5.41, 5.74) is 3.11. The Morgan fingerprint density at radius 2 is 1.71 bits per heavy atom.